The first-order chi connectivity index (χ1) is 9.37. The molecule has 3 N–H and O–H groups in total. The third kappa shape index (κ3) is 1.63. The molecule has 3 atom stereocenters. The number of aromatic nitrogens is 1. The number of amides is 1. The van der Waals surface area contributed by atoms with Crippen LogP contribution in [0.3, 0.4) is 0 Å². The van der Waals surface area contributed by atoms with Gasteiger partial charge in [0.25, 0.3) is 0 Å². The van der Waals surface area contributed by atoms with Gasteiger partial charge in [-0.2, -0.15) is 0 Å². The van der Waals surface area contributed by atoms with Gasteiger partial charge in [0.05, 0.1) is 6.10 Å². The minimum absolute atomic E-state index is 0.0868. The second kappa shape index (κ2) is 4.27. The molecule has 2 fully saturated rings. The molecule has 1 aliphatic carbocycles. The zero-order valence-corrected chi connectivity index (χ0v) is 12.1. The van der Waals surface area contributed by atoms with Crippen LogP contribution in [0.25, 0.3) is 0 Å². The van der Waals surface area contributed by atoms with Gasteiger partial charge in [-0.25, -0.2) is 4.98 Å². The standard InChI is InChI=1S/C15H21N3O2/c1-9-5-4-6-11(17-9)18-13(19)15(16)10-7-8-20-12(10)14(15,2)3/h4-6,10,12H,7-8,16H2,1-3H3,(H,17,18,19). The number of rotatable bonds is 2. The van der Waals surface area contributed by atoms with E-state index < -0.39 is 5.54 Å². The lowest BCUT2D eigenvalue weighted by atomic mass is 9.48. The molecule has 5 heteroatoms. The number of ether oxygens (including phenoxy) is 1. The van der Waals surface area contributed by atoms with Crippen molar-refractivity contribution in [3.05, 3.63) is 23.9 Å². The van der Waals surface area contributed by atoms with Crippen molar-refractivity contribution in [2.24, 2.45) is 17.1 Å². The fraction of sp³-hybridized carbons (Fsp3) is 0.600. The fourth-order valence-corrected chi connectivity index (χ4v) is 3.68. The number of nitrogens with two attached hydrogens (primary N) is 1. The summed E-state index contributed by atoms with van der Waals surface area (Å²) in [6.45, 7) is 6.58. The van der Waals surface area contributed by atoms with Gasteiger partial charge in [0.2, 0.25) is 5.91 Å². The van der Waals surface area contributed by atoms with E-state index in [0.717, 1.165) is 12.1 Å². The monoisotopic (exact) mass is 275 g/mol. The van der Waals surface area contributed by atoms with Crippen molar-refractivity contribution in [1.82, 2.24) is 4.98 Å². The molecule has 1 aromatic heterocycles. The zero-order valence-electron chi connectivity index (χ0n) is 12.1. The summed E-state index contributed by atoms with van der Waals surface area (Å²) >= 11 is 0. The van der Waals surface area contributed by atoms with Crippen LogP contribution < -0.4 is 11.1 Å². The number of anilines is 1. The van der Waals surface area contributed by atoms with Crippen LogP contribution in [0.15, 0.2) is 18.2 Å². The molecule has 2 aliphatic rings. The molecule has 0 aromatic carbocycles. The van der Waals surface area contributed by atoms with E-state index in [1.54, 1.807) is 6.07 Å². The van der Waals surface area contributed by atoms with Gasteiger partial charge in [-0.3, -0.25) is 4.79 Å². The quantitative estimate of drug-likeness (QED) is 0.857. The molecule has 1 saturated heterocycles. The molecule has 2 heterocycles. The number of hydrogen-bond donors (Lipinski definition) is 2. The number of pyridine rings is 1. The van der Waals surface area contributed by atoms with E-state index in [-0.39, 0.29) is 23.3 Å². The molecule has 1 aromatic rings. The van der Waals surface area contributed by atoms with Gasteiger partial charge in [-0.05, 0) is 25.5 Å². The third-order valence-corrected chi connectivity index (χ3v) is 4.96. The average molecular weight is 275 g/mol. The lowest BCUT2D eigenvalue weighted by Crippen LogP contribution is -2.79. The average Bonchev–Trinajstić information content (AvgIpc) is 2.85. The molecule has 5 nitrogen and oxygen atoms in total. The van der Waals surface area contributed by atoms with Crippen LogP contribution in [0.4, 0.5) is 5.82 Å². The molecule has 3 unspecified atom stereocenters. The highest BCUT2D eigenvalue weighted by atomic mass is 16.5. The summed E-state index contributed by atoms with van der Waals surface area (Å²) in [5.41, 5.74) is 6.09. The van der Waals surface area contributed by atoms with Gasteiger partial charge >= 0.3 is 0 Å². The molecule has 1 amide bonds. The van der Waals surface area contributed by atoms with Crippen molar-refractivity contribution < 1.29 is 9.53 Å². The Morgan fingerprint density at radius 3 is 2.95 bits per heavy atom. The SMILES string of the molecule is Cc1cccc(NC(=O)C2(N)C3CCOC3C2(C)C)n1. The fourth-order valence-electron chi connectivity index (χ4n) is 3.68. The highest BCUT2D eigenvalue weighted by Crippen LogP contribution is 2.58. The molecular weight excluding hydrogens is 254 g/mol. The summed E-state index contributed by atoms with van der Waals surface area (Å²) in [5, 5.41) is 2.86. The lowest BCUT2D eigenvalue weighted by molar-refractivity contribution is -0.170. The van der Waals surface area contributed by atoms with Crippen molar-refractivity contribution in [2.45, 2.75) is 38.8 Å². The Balaban J connectivity index is 1.83. The lowest BCUT2D eigenvalue weighted by Gasteiger charge is -2.60. The van der Waals surface area contributed by atoms with Crippen molar-refractivity contribution >= 4 is 11.7 Å². The normalized spacial score (nSPS) is 34.2. The molecule has 1 aliphatic heterocycles. The Morgan fingerprint density at radius 1 is 1.50 bits per heavy atom. The third-order valence-electron chi connectivity index (χ3n) is 4.96. The van der Waals surface area contributed by atoms with Crippen LogP contribution in [0.5, 0.6) is 0 Å². The summed E-state index contributed by atoms with van der Waals surface area (Å²) < 4.78 is 5.71. The van der Waals surface area contributed by atoms with Crippen LogP contribution >= 0.6 is 0 Å². The first-order valence-electron chi connectivity index (χ1n) is 7.03. The number of carbonyl (C=O) groups excluding carboxylic acids is 1. The zero-order chi connectivity index (χ0) is 14.5. The summed E-state index contributed by atoms with van der Waals surface area (Å²) in [4.78, 5) is 17.0. The smallest absolute Gasteiger partial charge is 0.246 e. The largest absolute Gasteiger partial charge is 0.377 e. The van der Waals surface area contributed by atoms with Gasteiger partial charge in [-0.1, -0.05) is 19.9 Å². The molecule has 20 heavy (non-hydrogen) atoms. The minimum atomic E-state index is -0.889. The predicted molar refractivity (Wildman–Crippen MR) is 76.2 cm³/mol. The maximum absolute atomic E-state index is 12.7. The summed E-state index contributed by atoms with van der Waals surface area (Å²) in [7, 11) is 0. The van der Waals surface area contributed by atoms with Gasteiger partial charge in [0.15, 0.2) is 0 Å². The molecule has 0 bridgehead atoms. The van der Waals surface area contributed by atoms with Crippen LogP contribution in [0.2, 0.25) is 0 Å². The van der Waals surface area contributed by atoms with Gasteiger partial charge in [0.1, 0.15) is 11.4 Å². The Bertz CT molecular complexity index is 558. The molecule has 1 saturated carbocycles. The first-order valence-corrected chi connectivity index (χ1v) is 7.03. The number of carbonyl (C=O) groups is 1. The Hall–Kier alpha value is -1.46. The van der Waals surface area contributed by atoms with E-state index in [2.05, 4.69) is 10.3 Å². The van der Waals surface area contributed by atoms with Gasteiger partial charge < -0.3 is 15.8 Å². The number of fused-ring (bicyclic) bond motifs is 1. The Kier molecular flexibility index (Phi) is 2.88. The molecule has 0 spiro atoms. The van der Waals surface area contributed by atoms with Crippen LogP contribution in [0.1, 0.15) is 26.0 Å². The summed E-state index contributed by atoms with van der Waals surface area (Å²) in [5.74, 6) is 0.493. The second-order valence-corrected chi connectivity index (χ2v) is 6.40. The minimum Gasteiger partial charge on any atom is -0.377 e. The predicted octanol–water partition coefficient (Wildman–Crippen LogP) is 1.47. The molecule has 3 rings (SSSR count). The molecule has 108 valence electrons. The van der Waals surface area contributed by atoms with E-state index in [9.17, 15) is 4.79 Å². The van der Waals surface area contributed by atoms with Crippen molar-refractivity contribution in [3.63, 3.8) is 0 Å². The number of nitrogens with one attached hydrogen (secondary N) is 1. The van der Waals surface area contributed by atoms with E-state index in [0.29, 0.717) is 12.4 Å². The van der Waals surface area contributed by atoms with Gasteiger partial charge in [0, 0.05) is 23.6 Å². The first kappa shape index (κ1) is 13.5. The maximum atomic E-state index is 12.7. The van der Waals surface area contributed by atoms with Crippen LogP contribution in [-0.2, 0) is 9.53 Å². The number of hydrogen-bond acceptors (Lipinski definition) is 4. The van der Waals surface area contributed by atoms with Crippen LogP contribution in [-0.4, -0.2) is 29.1 Å². The Labute approximate surface area is 118 Å². The van der Waals surface area contributed by atoms with Crippen molar-refractivity contribution in [2.75, 3.05) is 11.9 Å². The Morgan fingerprint density at radius 2 is 2.25 bits per heavy atom. The summed E-state index contributed by atoms with van der Waals surface area (Å²) in [6, 6.07) is 5.54. The highest BCUT2D eigenvalue weighted by Gasteiger charge is 2.71. The van der Waals surface area contributed by atoms with Crippen molar-refractivity contribution in [1.29, 1.82) is 0 Å². The second-order valence-electron chi connectivity index (χ2n) is 6.40. The highest BCUT2D eigenvalue weighted by molar-refractivity contribution is 5.99. The van der Waals surface area contributed by atoms with Crippen LogP contribution in [0, 0.1) is 18.3 Å². The maximum Gasteiger partial charge on any atom is 0.246 e. The van der Waals surface area contributed by atoms with E-state index >= 15 is 0 Å². The van der Waals surface area contributed by atoms with Gasteiger partial charge in [-0.15, -0.1) is 0 Å². The van der Waals surface area contributed by atoms with E-state index in [4.69, 9.17) is 10.5 Å². The summed E-state index contributed by atoms with van der Waals surface area (Å²) in [6.07, 6.45) is 0.933. The number of nitrogens with zero attached hydrogens (tertiary/aromatic N) is 1. The number of aryl methyl sites for hydroxylation is 1. The van der Waals surface area contributed by atoms with E-state index in [1.165, 1.54) is 0 Å². The van der Waals surface area contributed by atoms with Crippen molar-refractivity contribution in [3.8, 4) is 0 Å². The molecular formula is C15H21N3O2. The molecule has 0 radical (unpaired) electrons. The van der Waals surface area contributed by atoms with E-state index in [1.807, 2.05) is 32.9 Å². The topological polar surface area (TPSA) is 77.2 Å².